The van der Waals surface area contributed by atoms with E-state index in [-0.39, 0.29) is 17.9 Å². The fraction of sp³-hybridized carbons (Fsp3) is 0.650. The molecule has 1 aromatic rings. The maximum absolute atomic E-state index is 12.0. The van der Waals surface area contributed by atoms with Crippen LogP contribution in [0.3, 0.4) is 0 Å². The Morgan fingerprint density at radius 2 is 1.71 bits per heavy atom. The van der Waals surface area contributed by atoms with E-state index >= 15 is 0 Å². The summed E-state index contributed by atoms with van der Waals surface area (Å²) in [6.07, 6.45) is 1.34. The smallest absolute Gasteiger partial charge is 0.224 e. The molecule has 24 heavy (non-hydrogen) atoms. The second-order valence-electron chi connectivity index (χ2n) is 7.82. The van der Waals surface area contributed by atoms with E-state index in [0.29, 0.717) is 6.54 Å². The summed E-state index contributed by atoms with van der Waals surface area (Å²) in [4.78, 5) is 14.5. The third-order valence-electron chi connectivity index (χ3n) is 5.04. The van der Waals surface area contributed by atoms with E-state index < -0.39 is 0 Å². The Kier molecular flexibility index (Phi) is 6.81. The number of nitrogens with two attached hydrogens (primary N) is 1. The topological polar surface area (TPSA) is 58.4 Å². The van der Waals surface area contributed by atoms with Gasteiger partial charge in [0, 0.05) is 38.1 Å². The summed E-state index contributed by atoms with van der Waals surface area (Å²) in [5.41, 5.74) is 8.24. The van der Waals surface area contributed by atoms with Crippen LogP contribution in [0.2, 0.25) is 0 Å². The van der Waals surface area contributed by atoms with Gasteiger partial charge in [0.25, 0.3) is 0 Å². The number of carbonyl (C=O) groups is 1. The molecule has 1 heterocycles. The van der Waals surface area contributed by atoms with E-state index in [9.17, 15) is 4.79 Å². The van der Waals surface area contributed by atoms with Gasteiger partial charge in [0.15, 0.2) is 0 Å². The molecule has 0 radical (unpaired) electrons. The highest BCUT2D eigenvalue weighted by atomic mass is 16.1. The molecule has 1 aliphatic heterocycles. The molecule has 0 aromatic heterocycles. The molecule has 1 saturated heterocycles. The molecule has 0 saturated carbocycles. The first-order chi connectivity index (χ1) is 11.3. The molecule has 134 valence electrons. The van der Waals surface area contributed by atoms with Crippen LogP contribution in [0.5, 0.6) is 0 Å². The van der Waals surface area contributed by atoms with Crippen molar-refractivity contribution in [1.82, 2.24) is 10.2 Å². The van der Waals surface area contributed by atoms with Crippen molar-refractivity contribution in [3.63, 3.8) is 0 Å². The third kappa shape index (κ3) is 5.60. The predicted molar refractivity (Wildman–Crippen MR) is 99.3 cm³/mol. The summed E-state index contributed by atoms with van der Waals surface area (Å²) < 4.78 is 0. The minimum atomic E-state index is -0.160. The van der Waals surface area contributed by atoms with Crippen molar-refractivity contribution in [3.05, 3.63) is 35.4 Å². The number of hydrogen-bond acceptors (Lipinski definition) is 3. The van der Waals surface area contributed by atoms with E-state index in [1.807, 2.05) is 13.8 Å². The number of piperidine rings is 1. The minimum Gasteiger partial charge on any atom is -0.352 e. The van der Waals surface area contributed by atoms with Crippen molar-refractivity contribution in [2.45, 2.75) is 53.2 Å². The quantitative estimate of drug-likeness (QED) is 0.843. The number of nitrogens with zero attached hydrogens (tertiary/aromatic N) is 1. The molecular weight excluding hydrogens is 298 g/mol. The van der Waals surface area contributed by atoms with Gasteiger partial charge in [-0.2, -0.15) is 0 Å². The Bertz CT molecular complexity index is 516. The highest BCUT2D eigenvalue weighted by Crippen LogP contribution is 2.22. The first-order valence-electron chi connectivity index (χ1n) is 9.18. The highest BCUT2D eigenvalue weighted by Gasteiger charge is 2.21. The van der Waals surface area contributed by atoms with Crippen LogP contribution in [0.1, 0.15) is 45.2 Å². The van der Waals surface area contributed by atoms with E-state index in [1.54, 1.807) is 0 Å². The lowest BCUT2D eigenvalue weighted by atomic mass is 9.91. The fourth-order valence-electron chi connectivity index (χ4n) is 3.53. The van der Waals surface area contributed by atoms with Crippen LogP contribution in [0.4, 0.5) is 0 Å². The molecule has 0 bridgehead atoms. The van der Waals surface area contributed by atoms with Gasteiger partial charge in [-0.1, -0.05) is 45.0 Å². The molecule has 4 unspecified atom stereocenters. The predicted octanol–water partition coefficient (Wildman–Crippen LogP) is 2.76. The average molecular weight is 332 g/mol. The van der Waals surface area contributed by atoms with Gasteiger partial charge < -0.3 is 11.1 Å². The Morgan fingerprint density at radius 1 is 1.17 bits per heavy atom. The molecule has 1 aromatic carbocycles. The largest absolute Gasteiger partial charge is 0.352 e. The van der Waals surface area contributed by atoms with E-state index in [4.69, 9.17) is 5.73 Å². The number of rotatable bonds is 6. The summed E-state index contributed by atoms with van der Waals surface area (Å²) in [6.45, 7) is 12.4. The maximum Gasteiger partial charge on any atom is 0.224 e. The summed E-state index contributed by atoms with van der Waals surface area (Å²) in [5.74, 6) is 1.43. The van der Waals surface area contributed by atoms with Gasteiger partial charge in [-0.05, 0) is 36.3 Å². The summed E-state index contributed by atoms with van der Waals surface area (Å²) in [5, 5.41) is 2.96. The Balaban J connectivity index is 1.83. The number of amides is 1. The lowest BCUT2D eigenvalue weighted by Crippen LogP contribution is -2.38. The highest BCUT2D eigenvalue weighted by molar-refractivity contribution is 5.78. The molecule has 2 rings (SSSR count). The van der Waals surface area contributed by atoms with Crippen LogP contribution >= 0.6 is 0 Å². The third-order valence-corrected chi connectivity index (χ3v) is 5.04. The molecule has 0 aliphatic carbocycles. The van der Waals surface area contributed by atoms with Crippen LogP contribution in [0.25, 0.3) is 0 Å². The SMILES string of the molecule is CC1CC(C)CN(Cc2ccc(CNC(=O)C(C)C(C)N)cc2)C1. The average Bonchev–Trinajstić information content (AvgIpc) is 2.52. The zero-order chi connectivity index (χ0) is 17.7. The fourth-order valence-corrected chi connectivity index (χ4v) is 3.53. The van der Waals surface area contributed by atoms with E-state index in [2.05, 4.69) is 48.3 Å². The molecule has 4 atom stereocenters. The lowest BCUT2D eigenvalue weighted by Gasteiger charge is -2.35. The number of likely N-dealkylation sites (tertiary alicyclic amines) is 1. The Hall–Kier alpha value is -1.39. The number of nitrogens with one attached hydrogen (secondary N) is 1. The van der Waals surface area contributed by atoms with Gasteiger partial charge in [-0.3, -0.25) is 9.69 Å². The second kappa shape index (κ2) is 8.63. The van der Waals surface area contributed by atoms with Crippen LogP contribution < -0.4 is 11.1 Å². The van der Waals surface area contributed by atoms with Crippen molar-refractivity contribution < 1.29 is 4.79 Å². The van der Waals surface area contributed by atoms with E-state index in [1.165, 1.54) is 25.1 Å². The van der Waals surface area contributed by atoms with Gasteiger partial charge in [-0.25, -0.2) is 0 Å². The normalized spacial score (nSPS) is 24.4. The van der Waals surface area contributed by atoms with E-state index in [0.717, 1.165) is 23.9 Å². The van der Waals surface area contributed by atoms with Crippen molar-refractivity contribution in [2.75, 3.05) is 13.1 Å². The monoisotopic (exact) mass is 331 g/mol. The van der Waals surface area contributed by atoms with Crippen LogP contribution in [-0.4, -0.2) is 29.9 Å². The van der Waals surface area contributed by atoms with Gasteiger partial charge in [0.2, 0.25) is 5.91 Å². The molecule has 3 N–H and O–H groups in total. The Labute approximate surface area is 146 Å². The van der Waals surface area contributed by atoms with Gasteiger partial charge in [0.05, 0.1) is 0 Å². The molecular formula is C20H33N3O. The minimum absolute atomic E-state index is 0.0189. The summed E-state index contributed by atoms with van der Waals surface area (Å²) in [6, 6.07) is 8.47. The van der Waals surface area contributed by atoms with Crippen molar-refractivity contribution in [2.24, 2.45) is 23.5 Å². The molecule has 1 amide bonds. The first kappa shape index (κ1) is 18.9. The van der Waals surface area contributed by atoms with Crippen molar-refractivity contribution in [1.29, 1.82) is 0 Å². The Morgan fingerprint density at radius 3 is 2.25 bits per heavy atom. The number of hydrogen-bond donors (Lipinski definition) is 2. The molecule has 1 aliphatic rings. The summed E-state index contributed by atoms with van der Waals surface area (Å²) in [7, 11) is 0. The van der Waals surface area contributed by atoms with Gasteiger partial charge in [-0.15, -0.1) is 0 Å². The molecule has 4 heteroatoms. The second-order valence-corrected chi connectivity index (χ2v) is 7.82. The van der Waals surface area contributed by atoms with Gasteiger partial charge in [0.1, 0.15) is 0 Å². The van der Waals surface area contributed by atoms with Crippen LogP contribution in [-0.2, 0) is 17.9 Å². The lowest BCUT2D eigenvalue weighted by molar-refractivity contribution is -0.125. The maximum atomic E-state index is 12.0. The number of benzene rings is 1. The number of carbonyl (C=O) groups excluding carboxylic acids is 1. The first-order valence-corrected chi connectivity index (χ1v) is 9.18. The zero-order valence-corrected chi connectivity index (χ0v) is 15.6. The van der Waals surface area contributed by atoms with Gasteiger partial charge >= 0.3 is 0 Å². The molecule has 0 spiro atoms. The summed E-state index contributed by atoms with van der Waals surface area (Å²) >= 11 is 0. The van der Waals surface area contributed by atoms with Crippen LogP contribution in [0, 0.1) is 17.8 Å². The van der Waals surface area contributed by atoms with Crippen molar-refractivity contribution in [3.8, 4) is 0 Å². The standard InChI is InChI=1S/C20H33N3O/c1-14-9-15(2)12-23(11-14)13-19-7-5-18(6-8-19)10-22-20(24)16(3)17(4)21/h5-8,14-17H,9-13,21H2,1-4H3,(H,22,24). The zero-order valence-electron chi connectivity index (χ0n) is 15.6. The molecule has 4 nitrogen and oxygen atoms in total. The molecule has 1 fully saturated rings. The van der Waals surface area contributed by atoms with Crippen LogP contribution in [0.15, 0.2) is 24.3 Å². The van der Waals surface area contributed by atoms with Crippen molar-refractivity contribution >= 4 is 5.91 Å².